The van der Waals surface area contributed by atoms with Crippen LogP contribution in [0.25, 0.3) is 0 Å². The SMILES string of the molecule is N[C@H](c1ccc(Cl)c(C(=O)O)c1)C(F)(F)F. The zero-order chi connectivity index (χ0) is 12.5. The number of carboxylic acid groups (broad SMARTS) is 1. The summed E-state index contributed by atoms with van der Waals surface area (Å²) in [7, 11) is 0. The zero-order valence-electron chi connectivity index (χ0n) is 7.75. The summed E-state index contributed by atoms with van der Waals surface area (Å²) >= 11 is 5.51. The minimum absolute atomic E-state index is 0.134. The Hall–Kier alpha value is -1.27. The Labute approximate surface area is 93.6 Å². The molecule has 0 spiro atoms. The highest BCUT2D eigenvalue weighted by Gasteiger charge is 2.38. The van der Waals surface area contributed by atoms with Crippen molar-refractivity contribution in [3.05, 3.63) is 34.3 Å². The lowest BCUT2D eigenvalue weighted by molar-refractivity contribution is -0.149. The summed E-state index contributed by atoms with van der Waals surface area (Å²) < 4.78 is 36.8. The van der Waals surface area contributed by atoms with E-state index in [1.165, 1.54) is 0 Å². The number of hydrogen-bond donors (Lipinski definition) is 2. The molecule has 16 heavy (non-hydrogen) atoms. The van der Waals surface area contributed by atoms with Crippen molar-refractivity contribution < 1.29 is 23.1 Å². The van der Waals surface area contributed by atoms with E-state index in [-0.39, 0.29) is 10.6 Å². The van der Waals surface area contributed by atoms with Crippen LogP contribution in [0.4, 0.5) is 13.2 Å². The number of carbonyl (C=O) groups is 1. The summed E-state index contributed by atoms with van der Waals surface area (Å²) in [5.41, 5.74) is 4.19. The summed E-state index contributed by atoms with van der Waals surface area (Å²) in [5, 5.41) is 8.53. The highest BCUT2D eigenvalue weighted by molar-refractivity contribution is 6.33. The minimum Gasteiger partial charge on any atom is -0.478 e. The summed E-state index contributed by atoms with van der Waals surface area (Å²) in [6.07, 6.45) is -4.62. The summed E-state index contributed by atoms with van der Waals surface area (Å²) in [6, 6.07) is 0.727. The molecule has 0 radical (unpaired) electrons. The van der Waals surface area contributed by atoms with Gasteiger partial charge >= 0.3 is 12.1 Å². The summed E-state index contributed by atoms with van der Waals surface area (Å²) in [4.78, 5) is 10.6. The molecule has 0 heterocycles. The standard InChI is InChI=1S/C9H7ClF3NO2/c10-6-2-1-4(3-5(6)8(15)16)7(14)9(11,12)13/h1-3,7H,14H2,(H,15,16)/t7-/m1/s1. The highest BCUT2D eigenvalue weighted by atomic mass is 35.5. The molecule has 1 aromatic rings. The van der Waals surface area contributed by atoms with Gasteiger partial charge in [0.1, 0.15) is 6.04 Å². The first-order chi connectivity index (χ1) is 7.23. The van der Waals surface area contributed by atoms with Crippen molar-refractivity contribution in [1.82, 2.24) is 0 Å². The molecule has 0 amide bonds. The lowest BCUT2D eigenvalue weighted by Crippen LogP contribution is -2.28. The van der Waals surface area contributed by atoms with Gasteiger partial charge < -0.3 is 10.8 Å². The lowest BCUT2D eigenvalue weighted by atomic mass is 10.0. The zero-order valence-corrected chi connectivity index (χ0v) is 8.51. The van der Waals surface area contributed by atoms with E-state index in [4.69, 9.17) is 22.4 Å². The molecule has 0 saturated carbocycles. The smallest absolute Gasteiger partial charge is 0.407 e. The molecule has 7 heteroatoms. The largest absolute Gasteiger partial charge is 0.478 e. The van der Waals surface area contributed by atoms with E-state index in [2.05, 4.69) is 0 Å². The maximum Gasteiger partial charge on any atom is 0.407 e. The van der Waals surface area contributed by atoms with Crippen LogP contribution >= 0.6 is 11.6 Å². The molecule has 0 bridgehead atoms. The predicted molar refractivity (Wildman–Crippen MR) is 51.4 cm³/mol. The number of hydrogen-bond acceptors (Lipinski definition) is 2. The van der Waals surface area contributed by atoms with Crippen LogP contribution in [0.3, 0.4) is 0 Å². The molecule has 0 aliphatic heterocycles. The van der Waals surface area contributed by atoms with Crippen LogP contribution < -0.4 is 5.73 Å². The van der Waals surface area contributed by atoms with E-state index in [9.17, 15) is 18.0 Å². The third-order valence-electron chi connectivity index (χ3n) is 1.93. The number of carboxylic acids is 1. The van der Waals surface area contributed by atoms with Crippen molar-refractivity contribution >= 4 is 17.6 Å². The average molecular weight is 254 g/mol. The van der Waals surface area contributed by atoms with E-state index >= 15 is 0 Å². The topological polar surface area (TPSA) is 63.3 Å². The molecule has 0 aromatic heterocycles. The second-order valence-electron chi connectivity index (χ2n) is 3.06. The molecule has 1 rings (SSSR count). The lowest BCUT2D eigenvalue weighted by Gasteiger charge is -2.16. The molecule has 0 unspecified atom stereocenters. The molecule has 1 atom stereocenters. The van der Waals surface area contributed by atoms with Crippen LogP contribution in [0.15, 0.2) is 18.2 Å². The van der Waals surface area contributed by atoms with E-state index in [1.807, 2.05) is 0 Å². The fraction of sp³-hybridized carbons (Fsp3) is 0.222. The van der Waals surface area contributed by atoms with Crippen LogP contribution in [0.1, 0.15) is 22.0 Å². The first kappa shape index (κ1) is 12.8. The minimum atomic E-state index is -4.62. The van der Waals surface area contributed by atoms with Gasteiger partial charge in [0.05, 0.1) is 10.6 Å². The maximum atomic E-state index is 12.3. The number of nitrogens with two attached hydrogens (primary N) is 1. The van der Waals surface area contributed by atoms with Crippen LogP contribution in [-0.4, -0.2) is 17.3 Å². The monoisotopic (exact) mass is 253 g/mol. The van der Waals surface area contributed by atoms with Gasteiger partial charge in [0, 0.05) is 0 Å². The van der Waals surface area contributed by atoms with Gasteiger partial charge in [-0.15, -0.1) is 0 Å². The van der Waals surface area contributed by atoms with Gasteiger partial charge in [-0.05, 0) is 17.7 Å². The van der Waals surface area contributed by atoms with Gasteiger partial charge in [0.2, 0.25) is 0 Å². The van der Waals surface area contributed by atoms with E-state index < -0.39 is 23.8 Å². The normalized spacial score (nSPS) is 13.6. The molecular formula is C9H7ClF3NO2. The van der Waals surface area contributed by atoms with Crippen LogP contribution in [-0.2, 0) is 0 Å². The molecule has 3 nitrogen and oxygen atoms in total. The molecule has 3 N–H and O–H groups in total. The quantitative estimate of drug-likeness (QED) is 0.851. The number of benzene rings is 1. The first-order valence-electron chi connectivity index (χ1n) is 4.08. The molecule has 0 aliphatic rings. The van der Waals surface area contributed by atoms with Crippen LogP contribution in [0.2, 0.25) is 5.02 Å². The molecule has 0 fully saturated rings. The fourth-order valence-corrected chi connectivity index (χ4v) is 1.29. The van der Waals surface area contributed by atoms with E-state index in [0.717, 1.165) is 18.2 Å². The first-order valence-corrected chi connectivity index (χ1v) is 4.46. The second-order valence-corrected chi connectivity index (χ2v) is 3.47. The van der Waals surface area contributed by atoms with Crippen LogP contribution in [0.5, 0.6) is 0 Å². The molecule has 0 saturated heterocycles. The van der Waals surface area contributed by atoms with Crippen molar-refractivity contribution in [1.29, 1.82) is 0 Å². The Bertz CT molecular complexity index is 420. The Morgan fingerprint density at radius 3 is 2.44 bits per heavy atom. The maximum absolute atomic E-state index is 12.3. The van der Waals surface area contributed by atoms with E-state index in [0.29, 0.717) is 0 Å². The summed E-state index contributed by atoms with van der Waals surface area (Å²) in [5.74, 6) is -1.40. The van der Waals surface area contributed by atoms with Gasteiger partial charge in [-0.1, -0.05) is 17.7 Å². The molecule has 1 aromatic carbocycles. The third kappa shape index (κ3) is 2.65. The average Bonchev–Trinajstić information content (AvgIpc) is 2.15. The molecular weight excluding hydrogens is 247 g/mol. The van der Waals surface area contributed by atoms with Crippen molar-refractivity contribution in [2.75, 3.05) is 0 Å². The van der Waals surface area contributed by atoms with Crippen molar-refractivity contribution in [3.63, 3.8) is 0 Å². The fourth-order valence-electron chi connectivity index (χ4n) is 1.09. The number of rotatable bonds is 2. The van der Waals surface area contributed by atoms with Crippen molar-refractivity contribution in [3.8, 4) is 0 Å². The van der Waals surface area contributed by atoms with Gasteiger partial charge in [-0.3, -0.25) is 0 Å². The van der Waals surface area contributed by atoms with Crippen molar-refractivity contribution in [2.45, 2.75) is 12.2 Å². The van der Waals surface area contributed by atoms with Gasteiger partial charge in [-0.25, -0.2) is 4.79 Å². The Morgan fingerprint density at radius 2 is 2.00 bits per heavy atom. The Balaban J connectivity index is 3.18. The molecule has 88 valence electrons. The van der Waals surface area contributed by atoms with Gasteiger partial charge in [-0.2, -0.15) is 13.2 Å². The number of alkyl halides is 3. The van der Waals surface area contributed by atoms with Crippen LogP contribution in [0, 0.1) is 0 Å². The Morgan fingerprint density at radius 1 is 1.44 bits per heavy atom. The van der Waals surface area contributed by atoms with Gasteiger partial charge in [0.15, 0.2) is 0 Å². The third-order valence-corrected chi connectivity index (χ3v) is 2.26. The Kier molecular flexibility index (Phi) is 3.44. The highest BCUT2D eigenvalue weighted by Crippen LogP contribution is 2.32. The predicted octanol–water partition coefficient (Wildman–Crippen LogP) is 2.60. The molecule has 0 aliphatic carbocycles. The number of aromatic carboxylic acids is 1. The van der Waals surface area contributed by atoms with Gasteiger partial charge in [0.25, 0.3) is 0 Å². The number of halogens is 4. The summed E-state index contributed by atoms with van der Waals surface area (Å²) in [6.45, 7) is 0. The van der Waals surface area contributed by atoms with Crippen molar-refractivity contribution in [2.24, 2.45) is 5.73 Å². The van der Waals surface area contributed by atoms with E-state index in [1.54, 1.807) is 0 Å². The second kappa shape index (κ2) is 4.31.